The summed E-state index contributed by atoms with van der Waals surface area (Å²) in [6.45, 7) is 2.99. The maximum absolute atomic E-state index is 11.9. The molecule has 0 aromatic heterocycles. The molecule has 2 amide bonds. The molecule has 2 rings (SSSR count). The molecule has 0 atom stereocenters. The Morgan fingerprint density at radius 2 is 2.05 bits per heavy atom. The van der Waals surface area contributed by atoms with Gasteiger partial charge in [-0.3, -0.25) is 9.59 Å². The summed E-state index contributed by atoms with van der Waals surface area (Å²) in [5.41, 5.74) is 5.55. The Hall–Kier alpha value is -2.08. The van der Waals surface area contributed by atoms with E-state index in [4.69, 9.17) is 10.5 Å². The predicted molar refractivity (Wildman–Crippen MR) is 69.9 cm³/mol. The van der Waals surface area contributed by atoms with Crippen LogP contribution in [-0.4, -0.2) is 49.5 Å². The van der Waals surface area contributed by atoms with Crippen LogP contribution in [0, 0.1) is 0 Å². The molecular weight excluding hydrogens is 246 g/mol. The number of nitrogens with zero attached hydrogens (tertiary/aromatic N) is 1. The summed E-state index contributed by atoms with van der Waals surface area (Å²) in [7, 11) is 0. The van der Waals surface area contributed by atoms with Crippen LogP contribution in [0.25, 0.3) is 0 Å². The number of rotatable bonds is 4. The van der Waals surface area contributed by atoms with Gasteiger partial charge < -0.3 is 20.7 Å². The standard InChI is InChI=1S/C13H17N3O3/c14-13(18)10-2-1-3-11(8-10)19-9-12(17)16-6-4-15-5-7-16/h1-3,8,15H,4-7,9H2,(H2,14,18). The lowest BCUT2D eigenvalue weighted by atomic mass is 10.2. The van der Waals surface area contributed by atoms with Crippen molar-refractivity contribution < 1.29 is 14.3 Å². The summed E-state index contributed by atoms with van der Waals surface area (Å²) < 4.78 is 5.39. The van der Waals surface area contributed by atoms with E-state index in [-0.39, 0.29) is 12.5 Å². The fraction of sp³-hybridized carbons (Fsp3) is 0.385. The first-order chi connectivity index (χ1) is 9.16. The molecule has 1 heterocycles. The molecular formula is C13H17N3O3. The summed E-state index contributed by atoms with van der Waals surface area (Å²) in [6, 6.07) is 6.50. The highest BCUT2D eigenvalue weighted by atomic mass is 16.5. The largest absolute Gasteiger partial charge is 0.484 e. The van der Waals surface area contributed by atoms with E-state index in [1.807, 2.05) is 0 Å². The van der Waals surface area contributed by atoms with Crippen LogP contribution in [0.5, 0.6) is 5.75 Å². The minimum atomic E-state index is -0.515. The van der Waals surface area contributed by atoms with E-state index in [0.29, 0.717) is 24.4 Å². The molecule has 0 unspecified atom stereocenters. The third-order valence-electron chi connectivity index (χ3n) is 2.95. The first-order valence-corrected chi connectivity index (χ1v) is 6.18. The minimum absolute atomic E-state index is 0.0256. The maximum Gasteiger partial charge on any atom is 0.260 e. The Bertz CT molecular complexity index is 470. The Morgan fingerprint density at radius 1 is 1.32 bits per heavy atom. The van der Waals surface area contributed by atoms with Crippen molar-refractivity contribution >= 4 is 11.8 Å². The Morgan fingerprint density at radius 3 is 2.74 bits per heavy atom. The molecule has 0 spiro atoms. The van der Waals surface area contributed by atoms with E-state index >= 15 is 0 Å². The van der Waals surface area contributed by atoms with Gasteiger partial charge in [-0.15, -0.1) is 0 Å². The first-order valence-electron chi connectivity index (χ1n) is 6.18. The highest BCUT2D eigenvalue weighted by Gasteiger charge is 2.16. The topological polar surface area (TPSA) is 84.7 Å². The maximum atomic E-state index is 11.9. The molecule has 3 N–H and O–H groups in total. The predicted octanol–water partition coefficient (Wildman–Crippen LogP) is -0.404. The van der Waals surface area contributed by atoms with Gasteiger partial charge in [0, 0.05) is 31.7 Å². The number of hydrogen-bond donors (Lipinski definition) is 2. The quantitative estimate of drug-likeness (QED) is 0.774. The first kappa shape index (κ1) is 13.4. The second-order valence-corrected chi connectivity index (χ2v) is 4.31. The monoisotopic (exact) mass is 263 g/mol. The van der Waals surface area contributed by atoms with E-state index in [2.05, 4.69) is 5.32 Å². The number of piperazine rings is 1. The van der Waals surface area contributed by atoms with Gasteiger partial charge in [0.1, 0.15) is 5.75 Å². The third kappa shape index (κ3) is 3.69. The molecule has 0 bridgehead atoms. The number of primary amides is 1. The average molecular weight is 263 g/mol. The molecule has 0 saturated carbocycles. The van der Waals surface area contributed by atoms with Crippen LogP contribution >= 0.6 is 0 Å². The number of nitrogens with one attached hydrogen (secondary N) is 1. The van der Waals surface area contributed by atoms with Gasteiger partial charge in [-0.1, -0.05) is 6.07 Å². The van der Waals surface area contributed by atoms with Crippen LogP contribution in [0.2, 0.25) is 0 Å². The van der Waals surface area contributed by atoms with Crippen molar-refractivity contribution in [1.82, 2.24) is 10.2 Å². The molecule has 6 nitrogen and oxygen atoms in total. The molecule has 102 valence electrons. The van der Waals surface area contributed by atoms with Crippen LogP contribution in [0.15, 0.2) is 24.3 Å². The van der Waals surface area contributed by atoms with E-state index in [1.165, 1.54) is 6.07 Å². The van der Waals surface area contributed by atoms with Crippen molar-refractivity contribution in [3.8, 4) is 5.75 Å². The molecule has 1 saturated heterocycles. The molecule has 0 aliphatic carbocycles. The normalized spacial score (nSPS) is 15.1. The fourth-order valence-electron chi connectivity index (χ4n) is 1.89. The van der Waals surface area contributed by atoms with Crippen LogP contribution in [0.3, 0.4) is 0 Å². The van der Waals surface area contributed by atoms with Crippen LogP contribution in [0.1, 0.15) is 10.4 Å². The van der Waals surface area contributed by atoms with Gasteiger partial charge in [-0.2, -0.15) is 0 Å². The average Bonchev–Trinajstić information content (AvgIpc) is 2.46. The van der Waals surface area contributed by atoms with Crippen LogP contribution < -0.4 is 15.8 Å². The molecule has 0 radical (unpaired) electrons. The number of benzene rings is 1. The highest BCUT2D eigenvalue weighted by Crippen LogP contribution is 2.13. The van der Waals surface area contributed by atoms with Crippen molar-refractivity contribution in [2.24, 2.45) is 5.73 Å². The number of nitrogens with two attached hydrogens (primary N) is 1. The molecule has 1 fully saturated rings. The van der Waals surface area contributed by atoms with E-state index in [9.17, 15) is 9.59 Å². The lowest BCUT2D eigenvalue weighted by Gasteiger charge is -2.27. The van der Waals surface area contributed by atoms with Crippen molar-refractivity contribution in [3.63, 3.8) is 0 Å². The van der Waals surface area contributed by atoms with Gasteiger partial charge in [0.05, 0.1) is 0 Å². The molecule has 6 heteroatoms. The molecule has 1 aromatic carbocycles. The second kappa shape index (κ2) is 6.19. The number of carbonyl (C=O) groups excluding carboxylic acids is 2. The van der Waals surface area contributed by atoms with Gasteiger partial charge in [0.15, 0.2) is 6.61 Å². The van der Waals surface area contributed by atoms with Gasteiger partial charge in [0.25, 0.3) is 5.91 Å². The Balaban J connectivity index is 1.89. The minimum Gasteiger partial charge on any atom is -0.484 e. The molecule has 1 aromatic rings. The zero-order chi connectivity index (χ0) is 13.7. The summed E-state index contributed by atoms with van der Waals surface area (Å²) in [5, 5.41) is 3.18. The molecule has 1 aliphatic rings. The summed E-state index contributed by atoms with van der Waals surface area (Å²) in [5.74, 6) is -0.0929. The van der Waals surface area contributed by atoms with Gasteiger partial charge in [-0.05, 0) is 18.2 Å². The van der Waals surface area contributed by atoms with E-state index < -0.39 is 5.91 Å². The number of hydrogen-bond acceptors (Lipinski definition) is 4. The SMILES string of the molecule is NC(=O)c1cccc(OCC(=O)N2CCNCC2)c1. The lowest BCUT2D eigenvalue weighted by molar-refractivity contribution is -0.133. The van der Waals surface area contributed by atoms with Crippen LogP contribution in [0.4, 0.5) is 0 Å². The van der Waals surface area contributed by atoms with Crippen molar-refractivity contribution in [3.05, 3.63) is 29.8 Å². The van der Waals surface area contributed by atoms with E-state index in [0.717, 1.165) is 13.1 Å². The summed E-state index contributed by atoms with van der Waals surface area (Å²) >= 11 is 0. The number of ether oxygens (including phenoxy) is 1. The van der Waals surface area contributed by atoms with Crippen molar-refractivity contribution in [2.45, 2.75) is 0 Å². The van der Waals surface area contributed by atoms with Crippen molar-refractivity contribution in [2.75, 3.05) is 32.8 Å². The molecule has 1 aliphatic heterocycles. The smallest absolute Gasteiger partial charge is 0.260 e. The lowest BCUT2D eigenvalue weighted by Crippen LogP contribution is -2.47. The van der Waals surface area contributed by atoms with Crippen LogP contribution in [-0.2, 0) is 4.79 Å². The van der Waals surface area contributed by atoms with Crippen molar-refractivity contribution in [1.29, 1.82) is 0 Å². The second-order valence-electron chi connectivity index (χ2n) is 4.31. The number of amides is 2. The zero-order valence-corrected chi connectivity index (χ0v) is 10.6. The number of carbonyl (C=O) groups is 2. The third-order valence-corrected chi connectivity index (χ3v) is 2.95. The summed E-state index contributed by atoms with van der Waals surface area (Å²) in [6.07, 6.45) is 0. The van der Waals surface area contributed by atoms with Gasteiger partial charge in [0.2, 0.25) is 5.91 Å². The highest BCUT2D eigenvalue weighted by molar-refractivity contribution is 5.93. The van der Waals surface area contributed by atoms with E-state index in [1.54, 1.807) is 23.1 Å². The Kier molecular flexibility index (Phi) is 4.35. The molecule has 19 heavy (non-hydrogen) atoms. The van der Waals surface area contributed by atoms with Gasteiger partial charge in [-0.25, -0.2) is 0 Å². The Labute approximate surface area is 111 Å². The zero-order valence-electron chi connectivity index (χ0n) is 10.6. The summed E-state index contributed by atoms with van der Waals surface area (Å²) in [4.78, 5) is 24.7. The van der Waals surface area contributed by atoms with Gasteiger partial charge >= 0.3 is 0 Å². The fourth-order valence-corrected chi connectivity index (χ4v) is 1.89.